The maximum Gasteiger partial charge on any atom is 0.258 e. The molecule has 28 heavy (non-hydrogen) atoms. The number of aromatic nitrogens is 3. The van der Waals surface area contributed by atoms with Crippen LogP contribution in [-0.4, -0.2) is 51.1 Å². The van der Waals surface area contributed by atoms with Crippen molar-refractivity contribution in [1.82, 2.24) is 19.7 Å². The molecule has 1 aliphatic rings. The zero-order valence-electron chi connectivity index (χ0n) is 15.2. The maximum absolute atomic E-state index is 13.2. The van der Waals surface area contributed by atoms with Crippen LogP contribution in [0.3, 0.4) is 0 Å². The summed E-state index contributed by atoms with van der Waals surface area (Å²) in [4.78, 5) is 33.5. The number of amides is 2. The summed E-state index contributed by atoms with van der Waals surface area (Å²) in [5.41, 5.74) is 1.05. The van der Waals surface area contributed by atoms with E-state index in [1.165, 1.54) is 9.58 Å². The summed E-state index contributed by atoms with van der Waals surface area (Å²) in [6.45, 7) is 0.504. The van der Waals surface area contributed by atoms with Crippen molar-refractivity contribution in [2.75, 3.05) is 18.5 Å². The Bertz CT molecular complexity index is 1020. The zero-order chi connectivity index (χ0) is 19.7. The highest BCUT2D eigenvalue weighted by atomic mass is 35.5. The summed E-state index contributed by atoms with van der Waals surface area (Å²) in [5.74, 6) is 0.00388. The van der Waals surface area contributed by atoms with Crippen LogP contribution in [0.4, 0.5) is 5.69 Å². The molecule has 3 aromatic rings. The third kappa shape index (κ3) is 3.14. The number of para-hydroxylation sites is 1. The van der Waals surface area contributed by atoms with Gasteiger partial charge in [0.25, 0.3) is 5.91 Å². The van der Waals surface area contributed by atoms with E-state index >= 15 is 0 Å². The molecule has 1 aromatic carbocycles. The van der Waals surface area contributed by atoms with Gasteiger partial charge < -0.3 is 9.80 Å². The average Bonchev–Trinajstić information content (AvgIpc) is 3.37. The van der Waals surface area contributed by atoms with Crippen LogP contribution in [-0.2, 0) is 4.79 Å². The SMILES string of the molecule is CN(C(=O)c1cccnc1-n1cccn1)C1CCN(c2ccccc2Cl)C1=O. The fourth-order valence-electron chi connectivity index (χ4n) is 3.41. The fourth-order valence-corrected chi connectivity index (χ4v) is 3.64. The van der Waals surface area contributed by atoms with E-state index < -0.39 is 6.04 Å². The Morgan fingerprint density at radius 1 is 1.18 bits per heavy atom. The predicted octanol–water partition coefficient (Wildman–Crippen LogP) is 2.80. The first kappa shape index (κ1) is 18.2. The molecule has 3 heterocycles. The smallest absolute Gasteiger partial charge is 0.258 e. The van der Waals surface area contributed by atoms with Gasteiger partial charge >= 0.3 is 0 Å². The van der Waals surface area contributed by atoms with Crippen molar-refractivity contribution in [3.05, 3.63) is 71.6 Å². The van der Waals surface area contributed by atoms with Crippen molar-refractivity contribution in [2.24, 2.45) is 0 Å². The fraction of sp³-hybridized carbons (Fsp3) is 0.200. The van der Waals surface area contributed by atoms with Crippen molar-refractivity contribution in [3.63, 3.8) is 0 Å². The second-order valence-electron chi connectivity index (χ2n) is 6.49. The molecule has 0 aliphatic carbocycles. The number of carbonyl (C=O) groups excluding carboxylic acids is 2. The second kappa shape index (κ2) is 7.44. The number of hydrogen-bond donors (Lipinski definition) is 0. The number of nitrogens with zero attached hydrogens (tertiary/aromatic N) is 5. The summed E-state index contributed by atoms with van der Waals surface area (Å²) in [5, 5.41) is 4.67. The van der Waals surface area contributed by atoms with Gasteiger partial charge in [0.2, 0.25) is 5.91 Å². The van der Waals surface area contributed by atoms with E-state index in [-0.39, 0.29) is 11.8 Å². The Morgan fingerprint density at radius 3 is 2.75 bits per heavy atom. The van der Waals surface area contributed by atoms with Crippen molar-refractivity contribution < 1.29 is 9.59 Å². The molecule has 2 aromatic heterocycles. The number of benzene rings is 1. The summed E-state index contributed by atoms with van der Waals surface area (Å²) >= 11 is 6.24. The van der Waals surface area contributed by atoms with Gasteiger partial charge in [0.05, 0.1) is 16.3 Å². The van der Waals surface area contributed by atoms with Crippen LogP contribution in [0.2, 0.25) is 5.02 Å². The predicted molar refractivity (Wildman–Crippen MR) is 106 cm³/mol. The molecule has 0 spiro atoms. The van der Waals surface area contributed by atoms with E-state index in [1.54, 1.807) is 60.9 Å². The van der Waals surface area contributed by atoms with E-state index in [9.17, 15) is 9.59 Å². The highest BCUT2D eigenvalue weighted by Gasteiger charge is 2.38. The van der Waals surface area contributed by atoms with Gasteiger partial charge in [0.1, 0.15) is 6.04 Å². The number of anilines is 1. The molecule has 1 fully saturated rings. The van der Waals surface area contributed by atoms with Crippen LogP contribution < -0.4 is 4.90 Å². The van der Waals surface area contributed by atoms with Crippen LogP contribution in [0.25, 0.3) is 5.82 Å². The minimum absolute atomic E-state index is 0.145. The van der Waals surface area contributed by atoms with Crippen molar-refractivity contribution in [2.45, 2.75) is 12.5 Å². The van der Waals surface area contributed by atoms with E-state index in [0.29, 0.717) is 35.1 Å². The number of likely N-dealkylation sites (N-methyl/N-ethyl adjacent to an activating group) is 1. The van der Waals surface area contributed by atoms with Gasteiger partial charge in [-0.2, -0.15) is 5.10 Å². The number of carbonyl (C=O) groups is 2. The van der Waals surface area contributed by atoms with Crippen molar-refractivity contribution in [1.29, 1.82) is 0 Å². The van der Waals surface area contributed by atoms with Gasteiger partial charge in [-0.3, -0.25) is 9.59 Å². The molecule has 1 saturated heterocycles. The largest absolute Gasteiger partial charge is 0.329 e. The van der Waals surface area contributed by atoms with Gasteiger partial charge in [-0.05, 0) is 36.8 Å². The molecule has 4 rings (SSSR count). The molecule has 0 radical (unpaired) electrons. The zero-order valence-corrected chi connectivity index (χ0v) is 16.0. The van der Waals surface area contributed by atoms with Gasteiger partial charge in [-0.1, -0.05) is 23.7 Å². The molecule has 7 nitrogen and oxygen atoms in total. The van der Waals surface area contributed by atoms with Gasteiger partial charge in [-0.15, -0.1) is 0 Å². The molecule has 0 N–H and O–H groups in total. The second-order valence-corrected chi connectivity index (χ2v) is 6.89. The first-order chi connectivity index (χ1) is 13.6. The van der Waals surface area contributed by atoms with Gasteiger partial charge in [0.15, 0.2) is 5.82 Å². The molecule has 142 valence electrons. The Kier molecular flexibility index (Phi) is 4.83. The number of pyridine rings is 1. The molecule has 0 bridgehead atoms. The molecule has 8 heteroatoms. The summed E-state index contributed by atoms with van der Waals surface area (Å²) in [6.07, 6.45) is 5.48. The minimum Gasteiger partial charge on any atom is -0.329 e. The van der Waals surface area contributed by atoms with Gasteiger partial charge in [0, 0.05) is 32.2 Å². The van der Waals surface area contributed by atoms with E-state index in [2.05, 4.69) is 10.1 Å². The molecular weight excluding hydrogens is 378 g/mol. The lowest BCUT2D eigenvalue weighted by atomic mass is 10.1. The first-order valence-electron chi connectivity index (χ1n) is 8.86. The molecule has 1 atom stereocenters. The Morgan fingerprint density at radius 2 is 2.00 bits per heavy atom. The first-order valence-corrected chi connectivity index (χ1v) is 9.24. The van der Waals surface area contributed by atoms with E-state index in [1.807, 2.05) is 12.1 Å². The van der Waals surface area contributed by atoms with Crippen molar-refractivity contribution >= 4 is 29.1 Å². The van der Waals surface area contributed by atoms with Gasteiger partial charge in [-0.25, -0.2) is 9.67 Å². The number of rotatable bonds is 4. The molecule has 2 amide bonds. The topological polar surface area (TPSA) is 71.3 Å². The Hall–Kier alpha value is -3.19. The van der Waals surface area contributed by atoms with Crippen LogP contribution >= 0.6 is 11.6 Å². The summed E-state index contributed by atoms with van der Waals surface area (Å²) in [6, 6.07) is 11.8. The maximum atomic E-state index is 13.2. The van der Waals surface area contributed by atoms with Crippen LogP contribution in [0, 0.1) is 0 Å². The van der Waals surface area contributed by atoms with Crippen LogP contribution in [0.15, 0.2) is 61.1 Å². The van der Waals surface area contributed by atoms with E-state index in [0.717, 1.165) is 0 Å². The lowest BCUT2D eigenvalue weighted by Gasteiger charge is -2.25. The third-order valence-electron chi connectivity index (χ3n) is 4.85. The highest BCUT2D eigenvalue weighted by Crippen LogP contribution is 2.30. The quantitative estimate of drug-likeness (QED) is 0.681. The molecule has 0 saturated carbocycles. The standard InChI is InChI=1S/C20H18ClN5O2/c1-24(17-9-13-25(20(17)28)16-8-3-2-7-15(16)21)19(27)14-6-4-10-22-18(14)26-12-5-11-23-26/h2-8,10-12,17H,9,13H2,1H3. The third-order valence-corrected chi connectivity index (χ3v) is 5.17. The number of hydrogen-bond acceptors (Lipinski definition) is 4. The molecular formula is C20H18ClN5O2. The monoisotopic (exact) mass is 395 g/mol. The summed E-state index contributed by atoms with van der Waals surface area (Å²) < 4.78 is 1.54. The molecule has 1 unspecified atom stereocenters. The lowest BCUT2D eigenvalue weighted by Crippen LogP contribution is -2.43. The average molecular weight is 396 g/mol. The van der Waals surface area contributed by atoms with E-state index in [4.69, 9.17) is 11.6 Å². The minimum atomic E-state index is -0.561. The normalized spacial score (nSPS) is 16.4. The van der Waals surface area contributed by atoms with Crippen LogP contribution in [0.5, 0.6) is 0 Å². The summed E-state index contributed by atoms with van der Waals surface area (Å²) in [7, 11) is 1.64. The number of halogens is 1. The molecule has 1 aliphatic heterocycles. The Balaban J connectivity index is 1.59. The van der Waals surface area contributed by atoms with Crippen molar-refractivity contribution in [3.8, 4) is 5.82 Å². The highest BCUT2D eigenvalue weighted by molar-refractivity contribution is 6.34. The lowest BCUT2D eigenvalue weighted by molar-refractivity contribution is -0.120. The Labute approximate surface area is 167 Å². The van der Waals surface area contributed by atoms with Crippen LogP contribution in [0.1, 0.15) is 16.8 Å².